The van der Waals surface area contributed by atoms with E-state index in [0.29, 0.717) is 11.5 Å². The molecular weight excluding hydrogens is 228 g/mol. The number of aliphatic carboxylic acids is 1. The van der Waals surface area contributed by atoms with E-state index in [9.17, 15) is 4.79 Å². The first-order valence-corrected chi connectivity index (χ1v) is 7.23. The van der Waals surface area contributed by atoms with Gasteiger partial charge in [-0.1, -0.05) is 20.8 Å². The number of carboxylic acids is 1. The van der Waals surface area contributed by atoms with Crippen LogP contribution in [-0.2, 0) is 9.53 Å². The minimum atomic E-state index is -0.708. The Morgan fingerprint density at radius 2 is 1.78 bits per heavy atom. The summed E-state index contributed by atoms with van der Waals surface area (Å²) in [6, 6.07) is 0. The standard InChI is InChI=1S/C15H28O3/c1-15(2,3)12-7-9-13(10-8-12)18-11-5-4-6-14(16)17/h12-13H,4-11H2,1-3H3,(H,16,17). The molecule has 3 heteroatoms. The van der Waals surface area contributed by atoms with Gasteiger partial charge in [-0.2, -0.15) is 0 Å². The summed E-state index contributed by atoms with van der Waals surface area (Å²) >= 11 is 0. The molecule has 0 bridgehead atoms. The lowest BCUT2D eigenvalue weighted by Gasteiger charge is -2.36. The summed E-state index contributed by atoms with van der Waals surface area (Å²) in [4.78, 5) is 10.4. The van der Waals surface area contributed by atoms with Crippen LogP contribution < -0.4 is 0 Å². The Morgan fingerprint density at radius 1 is 1.17 bits per heavy atom. The number of hydrogen-bond acceptors (Lipinski definition) is 2. The van der Waals surface area contributed by atoms with Crippen LogP contribution in [-0.4, -0.2) is 23.8 Å². The summed E-state index contributed by atoms with van der Waals surface area (Å²) in [6.07, 6.45) is 7.14. The van der Waals surface area contributed by atoms with Crippen LogP contribution in [0.5, 0.6) is 0 Å². The van der Waals surface area contributed by atoms with Crippen LogP contribution in [0.25, 0.3) is 0 Å². The van der Waals surface area contributed by atoms with Crippen LogP contribution in [0.1, 0.15) is 65.7 Å². The third-order valence-corrected chi connectivity index (χ3v) is 4.04. The van der Waals surface area contributed by atoms with Gasteiger partial charge in [0.05, 0.1) is 6.10 Å². The van der Waals surface area contributed by atoms with Crippen LogP contribution in [0.2, 0.25) is 0 Å². The zero-order valence-electron chi connectivity index (χ0n) is 12.1. The molecule has 0 amide bonds. The second-order valence-electron chi connectivity index (χ2n) is 6.56. The highest BCUT2D eigenvalue weighted by atomic mass is 16.5. The number of ether oxygens (including phenoxy) is 1. The van der Waals surface area contributed by atoms with Crippen LogP contribution in [0.3, 0.4) is 0 Å². The Bertz CT molecular complexity index is 247. The number of unbranched alkanes of at least 4 members (excludes halogenated alkanes) is 1. The lowest BCUT2D eigenvalue weighted by Crippen LogP contribution is -2.29. The van der Waals surface area contributed by atoms with Crippen molar-refractivity contribution in [3.8, 4) is 0 Å². The molecule has 3 nitrogen and oxygen atoms in total. The fourth-order valence-corrected chi connectivity index (χ4v) is 2.72. The van der Waals surface area contributed by atoms with Crippen molar-refractivity contribution in [3.63, 3.8) is 0 Å². The average molecular weight is 256 g/mol. The highest BCUT2D eigenvalue weighted by Crippen LogP contribution is 2.38. The minimum Gasteiger partial charge on any atom is -0.481 e. The summed E-state index contributed by atoms with van der Waals surface area (Å²) < 4.78 is 5.83. The van der Waals surface area contributed by atoms with E-state index in [0.717, 1.165) is 25.4 Å². The van der Waals surface area contributed by atoms with Crippen molar-refractivity contribution >= 4 is 5.97 Å². The maximum absolute atomic E-state index is 10.4. The molecule has 0 aliphatic heterocycles. The second kappa shape index (κ2) is 7.13. The quantitative estimate of drug-likeness (QED) is 0.734. The van der Waals surface area contributed by atoms with E-state index in [1.54, 1.807) is 0 Å². The van der Waals surface area contributed by atoms with Crippen molar-refractivity contribution in [1.29, 1.82) is 0 Å². The SMILES string of the molecule is CC(C)(C)C1CCC(OCCCCC(=O)O)CC1. The molecule has 0 unspecified atom stereocenters. The zero-order chi connectivity index (χ0) is 13.6. The van der Waals surface area contributed by atoms with E-state index < -0.39 is 5.97 Å². The van der Waals surface area contributed by atoms with Gasteiger partial charge < -0.3 is 9.84 Å². The molecular formula is C15H28O3. The topological polar surface area (TPSA) is 46.5 Å². The lowest BCUT2D eigenvalue weighted by molar-refractivity contribution is -0.137. The summed E-state index contributed by atoms with van der Waals surface area (Å²) in [5.74, 6) is 0.116. The Kier molecular flexibility index (Phi) is 6.13. The second-order valence-corrected chi connectivity index (χ2v) is 6.56. The zero-order valence-corrected chi connectivity index (χ0v) is 12.1. The van der Waals surface area contributed by atoms with Gasteiger partial charge in [0.1, 0.15) is 0 Å². The van der Waals surface area contributed by atoms with E-state index >= 15 is 0 Å². The number of carboxylic acid groups (broad SMARTS) is 1. The molecule has 1 aliphatic carbocycles. The van der Waals surface area contributed by atoms with E-state index in [1.807, 2.05) is 0 Å². The summed E-state index contributed by atoms with van der Waals surface area (Å²) in [5.41, 5.74) is 0.423. The molecule has 0 aromatic rings. The van der Waals surface area contributed by atoms with Gasteiger partial charge in [0.2, 0.25) is 0 Å². The Morgan fingerprint density at radius 3 is 2.28 bits per heavy atom. The molecule has 1 rings (SSSR count). The summed E-state index contributed by atoms with van der Waals surface area (Å²) in [7, 11) is 0. The van der Waals surface area contributed by atoms with Gasteiger partial charge in [-0.3, -0.25) is 4.79 Å². The first kappa shape index (κ1) is 15.5. The van der Waals surface area contributed by atoms with Crippen molar-refractivity contribution in [3.05, 3.63) is 0 Å². The van der Waals surface area contributed by atoms with Crippen molar-refractivity contribution in [1.82, 2.24) is 0 Å². The molecule has 0 spiro atoms. The number of rotatable bonds is 6. The first-order valence-electron chi connectivity index (χ1n) is 7.23. The molecule has 1 saturated carbocycles. The maximum atomic E-state index is 10.4. The largest absolute Gasteiger partial charge is 0.481 e. The van der Waals surface area contributed by atoms with Gasteiger partial charge in [-0.05, 0) is 49.9 Å². The predicted octanol–water partition coefficient (Wildman–Crippen LogP) is 3.86. The van der Waals surface area contributed by atoms with Crippen LogP contribution in [0, 0.1) is 11.3 Å². The Balaban J connectivity index is 2.07. The van der Waals surface area contributed by atoms with E-state index in [-0.39, 0.29) is 6.42 Å². The van der Waals surface area contributed by atoms with Gasteiger partial charge in [0, 0.05) is 13.0 Å². The molecule has 0 radical (unpaired) electrons. The van der Waals surface area contributed by atoms with Crippen molar-refractivity contribution < 1.29 is 14.6 Å². The fraction of sp³-hybridized carbons (Fsp3) is 0.933. The average Bonchev–Trinajstić information content (AvgIpc) is 2.27. The fourth-order valence-electron chi connectivity index (χ4n) is 2.72. The van der Waals surface area contributed by atoms with E-state index in [4.69, 9.17) is 9.84 Å². The summed E-state index contributed by atoms with van der Waals surface area (Å²) in [5, 5.41) is 8.53. The number of hydrogen-bond donors (Lipinski definition) is 1. The van der Waals surface area contributed by atoms with Crippen molar-refractivity contribution in [2.24, 2.45) is 11.3 Å². The molecule has 1 aliphatic rings. The smallest absolute Gasteiger partial charge is 0.303 e. The van der Waals surface area contributed by atoms with Crippen molar-refractivity contribution in [2.75, 3.05) is 6.61 Å². The monoisotopic (exact) mass is 256 g/mol. The van der Waals surface area contributed by atoms with E-state index in [2.05, 4.69) is 20.8 Å². The summed E-state index contributed by atoms with van der Waals surface area (Å²) in [6.45, 7) is 7.69. The molecule has 0 aromatic heterocycles. The normalized spacial score (nSPS) is 25.1. The molecule has 0 aromatic carbocycles. The molecule has 0 saturated heterocycles. The van der Waals surface area contributed by atoms with E-state index in [1.165, 1.54) is 25.7 Å². The molecule has 106 valence electrons. The lowest BCUT2D eigenvalue weighted by atomic mass is 9.72. The molecule has 0 heterocycles. The Labute approximate surface area is 111 Å². The van der Waals surface area contributed by atoms with Crippen LogP contribution >= 0.6 is 0 Å². The Hall–Kier alpha value is -0.570. The minimum absolute atomic E-state index is 0.264. The third-order valence-electron chi connectivity index (χ3n) is 4.04. The molecule has 1 N–H and O–H groups in total. The van der Waals surface area contributed by atoms with Gasteiger partial charge in [-0.25, -0.2) is 0 Å². The molecule has 1 fully saturated rings. The van der Waals surface area contributed by atoms with Crippen LogP contribution in [0.15, 0.2) is 0 Å². The number of carbonyl (C=O) groups is 1. The maximum Gasteiger partial charge on any atom is 0.303 e. The highest BCUT2D eigenvalue weighted by molar-refractivity contribution is 5.66. The van der Waals surface area contributed by atoms with Crippen LogP contribution in [0.4, 0.5) is 0 Å². The molecule has 18 heavy (non-hydrogen) atoms. The van der Waals surface area contributed by atoms with Gasteiger partial charge >= 0.3 is 5.97 Å². The third kappa shape index (κ3) is 5.85. The first-order chi connectivity index (χ1) is 8.39. The van der Waals surface area contributed by atoms with Gasteiger partial charge in [0.15, 0.2) is 0 Å². The molecule has 0 atom stereocenters. The highest BCUT2D eigenvalue weighted by Gasteiger charge is 2.29. The van der Waals surface area contributed by atoms with Crippen molar-refractivity contribution in [2.45, 2.75) is 71.8 Å². The predicted molar refractivity (Wildman–Crippen MR) is 72.6 cm³/mol. The van der Waals surface area contributed by atoms with Gasteiger partial charge in [-0.15, -0.1) is 0 Å². The van der Waals surface area contributed by atoms with Gasteiger partial charge in [0.25, 0.3) is 0 Å².